The SMILES string of the molecule is C[C@H](OC(=O)c1[nH+]c(Cl)c(Cl)c(N)c1Cl)C(=O)NC1CCCC1. The Morgan fingerprint density at radius 3 is 2.48 bits per heavy atom. The molecule has 1 amide bonds. The fourth-order valence-electron chi connectivity index (χ4n) is 2.37. The molecule has 126 valence electrons. The minimum Gasteiger partial charge on any atom is -0.445 e. The summed E-state index contributed by atoms with van der Waals surface area (Å²) < 4.78 is 5.12. The second-order valence-corrected chi connectivity index (χ2v) is 6.53. The number of rotatable bonds is 4. The van der Waals surface area contributed by atoms with Gasteiger partial charge in [0.15, 0.2) is 6.10 Å². The molecule has 0 bridgehead atoms. The molecule has 23 heavy (non-hydrogen) atoms. The van der Waals surface area contributed by atoms with Gasteiger partial charge in [0.05, 0.1) is 5.69 Å². The van der Waals surface area contributed by atoms with Crippen LogP contribution in [0.5, 0.6) is 0 Å². The van der Waals surface area contributed by atoms with Crippen molar-refractivity contribution in [3.8, 4) is 0 Å². The quantitative estimate of drug-likeness (QED) is 0.619. The molecule has 0 unspecified atom stereocenters. The summed E-state index contributed by atoms with van der Waals surface area (Å²) in [5, 5.41) is 2.72. The number of carbonyl (C=O) groups excluding carboxylic acids is 2. The molecule has 0 saturated heterocycles. The highest BCUT2D eigenvalue weighted by Gasteiger charge is 2.30. The topological polar surface area (TPSA) is 95.6 Å². The number of nitrogen functional groups attached to an aromatic ring is 1. The Labute approximate surface area is 148 Å². The Balaban J connectivity index is 2.05. The summed E-state index contributed by atoms with van der Waals surface area (Å²) in [6.45, 7) is 1.48. The molecule has 1 aliphatic carbocycles. The van der Waals surface area contributed by atoms with Gasteiger partial charge in [0, 0.05) is 6.04 Å². The van der Waals surface area contributed by atoms with Gasteiger partial charge in [-0.1, -0.05) is 36.0 Å². The molecule has 9 heteroatoms. The van der Waals surface area contributed by atoms with E-state index >= 15 is 0 Å². The van der Waals surface area contributed by atoms with Crippen molar-refractivity contribution in [1.29, 1.82) is 0 Å². The number of nitrogens with two attached hydrogens (primary N) is 1. The van der Waals surface area contributed by atoms with Gasteiger partial charge in [-0.25, -0.2) is 4.79 Å². The lowest BCUT2D eigenvalue weighted by molar-refractivity contribution is -0.380. The highest BCUT2D eigenvalue weighted by Crippen LogP contribution is 2.32. The summed E-state index contributed by atoms with van der Waals surface area (Å²) in [6, 6.07) is 0.138. The normalized spacial score (nSPS) is 16.2. The molecule has 6 nitrogen and oxygen atoms in total. The lowest BCUT2D eigenvalue weighted by Crippen LogP contribution is -2.41. The van der Waals surface area contributed by atoms with Crippen LogP contribution in [0.3, 0.4) is 0 Å². The predicted octanol–water partition coefficient (Wildman–Crippen LogP) is 2.65. The molecule has 0 spiro atoms. The minimum absolute atomic E-state index is 0.0141. The highest BCUT2D eigenvalue weighted by molar-refractivity contribution is 6.45. The van der Waals surface area contributed by atoms with Crippen molar-refractivity contribution in [3.63, 3.8) is 0 Å². The third-order valence-electron chi connectivity index (χ3n) is 3.68. The fraction of sp³-hybridized carbons (Fsp3) is 0.500. The van der Waals surface area contributed by atoms with Gasteiger partial charge in [-0.15, -0.1) is 0 Å². The second kappa shape index (κ2) is 7.55. The van der Waals surface area contributed by atoms with Crippen LogP contribution in [0.4, 0.5) is 5.69 Å². The second-order valence-electron chi connectivity index (χ2n) is 5.39. The van der Waals surface area contributed by atoms with Crippen LogP contribution in [0.1, 0.15) is 43.1 Å². The van der Waals surface area contributed by atoms with Crippen LogP contribution in [0.15, 0.2) is 0 Å². The van der Waals surface area contributed by atoms with Crippen LogP contribution in [0.25, 0.3) is 0 Å². The van der Waals surface area contributed by atoms with Crippen molar-refractivity contribution in [2.45, 2.75) is 44.8 Å². The maximum atomic E-state index is 12.2. The smallest absolute Gasteiger partial charge is 0.406 e. The van der Waals surface area contributed by atoms with Crippen molar-refractivity contribution in [1.82, 2.24) is 5.32 Å². The summed E-state index contributed by atoms with van der Waals surface area (Å²) in [6.07, 6.45) is 3.09. The average molecular weight is 382 g/mol. The first-order valence-electron chi connectivity index (χ1n) is 7.17. The third-order valence-corrected chi connectivity index (χ3v) is 4.84. The third kappa shape index (κ3) is 4.19. The van der Waals surface area contributed by atoms with Gasteiger partial charge < -0.3 is 15.8 Å². The summed E-state index contributed by atoms with van der Waals surface area (Å²) >= 11 is 17.6. The number of hydrogen-bond donors (Lipinski definition) is 2. The number of pyridine rings is 1. The zero-order valence-corrected chi connectivity index (χ0v) is 14.7. The fourth-order valence-corrected chi connectivity index (χ4v) is 2.98. The minimum atomic E-state index is -0.969. The summed E-state index contributed by atoms with van der Waals surface area (Å²) in [4.78, 5) is 26.7. The zero-order chi connectivity index (χ0) is 17.1. The van der Waals surface area contributed by atoms with Gasteiger partial charge in [-0.2, -0.15) is 4.98 Å². The van der Waals surface area contributed by atoms with Crippen molar-refractivity contribution in [2.75, 3.05) is 5.73 Å². The maximum Gasteiger partial charge on any atom is 0.406 e. The molecular formula is C14H17Cl3N3O3+. The van der Waals surface area contributed by atoms with Gasteiger partial charge in [-0.05, 0) is 31.4 Å². The summed E-state index contributed by atoms with van der Waals surface area (Å²) in [7, 11) is 0. The first kappa shape index (κ1) is 18.1. The predicted molar refractivity (Wildman–Crippen MR) is 87.7 cm³/mol. The van der Waals surface area contributed by atoms with Crippen LogP contribution in [-0.2, 0) is 9.53 Å². The van der Waals surface area contributed by atoms with E-state index in [-0.39, 0.29) is 38.5 Å². The highest BCUT2D eigenvalue weighted by atomic mass is 35.5. The maximum absolute atomic E-state index is 12.2. The Morgan fingerprint density at radius 2 is 1.87 bits per heavy atom. The molecule has 2 rings (SSSR count). The van der Waals surface area contributed by atoms with Gasteiger partial charge >= 0.3 is 11.7 Å². The van der Waals surface area contributed by atoms with Gasteiger partial charge in [0.1, 0.15) is 10.0 Å². The number of halogens is 3. The molecule has 0 radical (unpaired) electrons. The van der Waals surface area contributed by atoms with Gasteiger partial charge in [0.2, 0.25) is 0 Å². The average Bonchev–Trinajstić information content (AvgIpc) is 3.01. The van der Waals surface area contributed by atoms with E-state index < -0.39 is 12.1 Å². The monoisotopic (exact) mass is 380 g/mol. The molecular weight excluding hydrogens is 365 g/mol. The van der Waals surface area contributed by atoms with E-state index in [0.29, 0.717) is 0 Å². The van der Waals surface area contributed by atoms with E-state index in [4.69, 9.17) is 45.3 Å². The van der Waals surface area contributed by atoms with Crippen molar-refractivity contribution in [2.24, 2.45) is 0 Å². The van der Waals surface area contributed by atoms with E-state index in [0.717, 1.165) is 25.7 Å². The lowest BCUT2D eigenvalue weighted by Gasteiger charge is -2.16. The molecule has 1 saturated carbocycles. The number of H-pyrrole nitrogens is 1. The molecule has 0 aromatic carbocycles. The Morgan fingerprint density at radius 1 is 1.26 bits per heavy atom. The van der Waals surface area contributed by atoms with Crippen molar-refractivity contribution >= 4 is 52.4 Å². The Kier molecular flexibility index (Phi) is 5.95. The molecule has 1 atom stereocenters. The Hall–Kier alpha value is -1.24. The molecule has 1 fully saturated rings. The first-order valence-corrected chi connectivity index (χ1v) is 8.31. The summed E-state index contributed by atoms with van der Waals surface area (Å²) in [5.74, 6) is -1.19. The molecule has 0 aliphatic heterocycles. The van der Waals surface area contributed by atoms with E-state index in [1.54, 1.807) is 0 Å². The first-order chi connectivity index (χ1) is 10.8. The number of nitrogens with one attached hydrogen (secondary N) is 2. The van der Waals surface area contributed by atoms with E-state index in [1.165, 1.54) is 6.92 Å². The Bertz CT molecular complexity index is 633. The summed E-state index contributed by atoms with van der Waals surface area (Å²) in [5.41, 5.74) is 5.48. The number of esters is 1. The van der Waals surface area contributed by atoms with Crippen LogP contribution >= 0.6 is 34.8 Å². The number of aromatic nitrogens is 1. The van der Waals surface area contributed by atoms with Crippen molar-refractivity contribution < 1.29 is 19.3 Å². The van der Waals surface area contributed by atoms with Crippen LogP contribution in [0.2, 0.25) is 15.2 Å². The van der Waals surface area contributed by atoms with Crippen LogP contribution in [-0.4, -0.2) is 24.0 Å². The molecule has 4 N–H and O–H groups in total. The molecule has 1 aromatic rings. The number of ether oxygens (including phenoxy) is 1. The molecule has 1 aliphatic rings. The largest absolute Gasteiger partial charge is 0.445 e. The van der Waals surface area contributed by atoms with Crippen molar-refractivity contribution in [3.05, 3.63) is 20.9 Å². The van der Waals surface area contributed by atoms with E-state index in [1.807, 2.05) is 0 Å². The van der Waals surface area contributed by atoms with E-state index in [9.17, 15) is 9.59 Å². The van der Waals surface area contributed by atoms with Gasteiger partial charge in [-0.3, -0.25) is 4.79 Å². The van der Waals surface area contributed by atoms with E-state index in [2.05, 4.69) is 10.3 Å². The number of hydrogen-bond acceptors (Lipinski definition) is 4. The number of amides is 1. The number of anilines is 1. The standard InChI is InChI=1S/C14H16Cl3N3O3/c1-6(13(21)19-7-4-2-3-5-7)23-14(22)11-8(15)10(18)9(16)12(17)20-11/h6-7H,2-5H2,1H3,(H2,18,20)(H,19,21)/p+1/t6-/m0/s1. The zero-order valence-electron chi connectivity index (χ0n) is 12.4. The van der Waals surface area contributed by atoms with Crippen LogP contribution in [0, 0.1) is 0 Å². The van der Waals surface area contributed by atoms with Crippen LogP contribution < -0.4 is 16.0 Å². The molecule has 1 heterocycles. The van der Waals surface area contributed by atoms with Gasteiger partial charge in [0.25, 0.3) is 11.1 Å². The number of carbonyl (C=O) groups is 2. The molecule has 1 aromatic heterocycles. The number of aromatic amines is 1. The lowest BCUT2D eigenvalue weighted by atomic mass is 10.2.